The topological polar surface area (TPSA) is 0 Å². The average Bonchev–Trinajstić information content (AvgIpc) is 2.65. The second kappa shape index (κ2) is 8.81. The van der Waals surface area contributed by atoms with Gasteiger partial charge >= 0.3 is 0 Å². The smallest absolute Gasteiger partial charge is 0.0134 e. The van der Waals surface area contributed by atoms with Crippen molar-refractivity contribution < 1.29 is 0 Å². The van der Waals surface area contributed by atoms with Gasteiger partial charge in [0.25, 0.3) is 0 Å². The van der Waals surface area contributed by atoms with Gasteiger partial charge in [-0.25, -0.2) is 0 Å². The molecule has 0 bridgehead atoms. The lowest BCUT2D eigenvalue weighted by Crippen LogP contribution is -2.20. The fraction of sp³-hybridized carbons (Fsp3) is 0.217. The minimum atomic E-state index is -0.474. The maximum absolute atomic E-state index is 2.34. The third-order valence-corrected chi connectivity index (χ3v) is 6.74. The molecule has 24 heavy (non-hydrogen) atoms. The summed E-state index contributed by atoms with van der Waals surface area (Å²) in [5.41, 5.74) is 1.46. The molecule has 1 heteroatoms. The first kappa shape index (κ1) is 16.9. The molecule has 0 saturated heterocycles. The summed E-state index contributed by atoms with van der Waals surface area (Å²) in [5, 5.41) is 4.26. The van der Waals surface area contributed by atoms with Gasteiger partial charge in [0.05, 0.1) is 0 Å². The molecule has 0 unspecified atom stereocenters. The molecule has 0 aliphatic heterocycles. The van der Waals surface area contributed by atoms with Gasteiger partial charge in [0.2, 0.25) is 0 Å². The molecule has 3 aromatic rings. The quantitative estimate of drug-likeness (QED) is 0.413. The zero-order chi connectivity index (χ0) is 16.6. The van der Waals surface area contributed by atoms with E-state index < -0.39 is 7.92 Å². The minimum absolute atomic E-state index is 0.474. The molecule has 0 radical (unpaired) electrons. The largest absolute Gasteiger partial charge is 0.0654 e. The summed E-state index contributed by atoms with van der Waals surface area (Å²) in [6.07, 6.45) is 5.10. The van der Waals surface area contributed by atoms with Crippen LogP contribution < -0.4 is 15.9 Å². The van der Waals surface area contributed by atoms with Crippen molar-refractivity contribution in [3.8, 4) is 0 Å². The normalized spacial score (nSPS) is 10.9. The lowest BCUT2D eigenvalue weighted by Gasteiger charge is -2.19. The minimum Gasteiger partial charge on any atom is -0.0654 e. The van der Waals surface area contributed by atoms with Crippen LogP contribution in [0.15, 0.2) is 84.9 Å². The average molecular weight is 332 g/mol. The van der Waals surface area contributed by atoms with Crippen molar-refractivity contribution in [1.29, 1.82) is 0 Å². The lowest BCUT2D eigenvalue weighted by atomic mass is 10.1. The van der Waals surface area contributed by atoms with Gasteiger partial charge in [-0.15, -0.1) is 0 Å². The van der Waals surface area contributed by atoms with Crippen LogP contribution in [-0.4, -0.2) is 0 Å². The van der Waals surface area contributed by atoms with E-state index in [4.69, 9.17) is 0 Å². The summed E-state index contributed by atoms with van der Waals surface area (Å²) in [5.74, 6) is 0. The van der Waals surface area contributed by atoms with Gasteiger partial charge in [0.15, 0.2) is 0 Å². The Balaban J connectivity index is 1.89. The maximum Gasteiger partial charge on any atom is -0.0134 e. The van der Waals surface area contributed by atoms with Crippen LogP contribution in [-0.2, 0) is 6.42 Å². The van der Waals surface area contributed by atoms with Gasteiger partial charge in [-0.1, -0.05) is 105 Å². The Morgan fingerprint density at radius 2 is 1.08 bits per heavy atom. The highest BCUT2D eigenvalue weighted by atomic mass is 31.1. The summed E-state index contributed by atoms with van der Waals surface area (Å²) < 4.78 is 0. The second-order valence-electron chi connectivity index (χ2n) is 6.13. The summed E-state index contributed by atoms with van der Waals surface area (Å²) in [4.78, 5) is 0. The predicted molar refractivity (Wildman–Crippen MR) is 108 cm³/mol. The Morgan fingerprint density at radius 1 is 0.583 bits per heavy atom. The van der Waals surface area contributed by atoms with Crippen LogP contribution in [0.2, 0.25) is 0 Å². The van der Waals surface area contributed by atoms with Gasteiger partial charge in [-0.3, -0.25) is 0 Å². The van der Waals surface area contributed by atoms with Gasteiger partial charge in [-0.05, 0) is 42.2 Å². The molecule has 0 heterocycles. The highest BCUT2D eigenvalue weighted by Crippen LogP contribution is 2.32. The van der Waals surface area contributed by atoms with Gasteiger partial charge in [0, 0.05) is 0 Å². The van der Waals surface area contributed by atoms with E-state index in [9.17, 15) is 0 Å². The molecule has 0 nitrogen and oxygen atoms in total. The van der Waals surface area contributed by atoms with E-state index >= 15 is 0 Å². The third-order valence-electron chi connectivity index (χ3n) is 4.29. The van der Waals surface area contributed by atoms with E-state index in [1.807, 2.05) is 0 Å². The molecule has 0 amide bonds. The van der Waals surface area contributed by atoms with Crippen LogP contribution in [0.1, 0.15) is 31.7 Å². The summed E-state index contributed by atoms with van der Waals surface area (Å²) in [6.45, 7) is 2.26. The zero-order valence-corrected chi connectivity index (χ0v) is 15.3. The maximum atomic E-state index is 2.34. The zero-order valence-electron chi connectivity index (χ0n) is 14.4. The molecule has 0 spiro atoms. The highest BCUT2D eigenvalue weighted by molar-refractivity contribution is 7.79. The monoisotopic (exact) mass is 332 g/mol. The van der Waals surface area contributed by atoms with Crippen molar-refractivity contribution in [3.05, 3.63) is 90.5 Å². The predicted octanol–water partition coefficient (Wildman–Crippen LogP) is 5.18. The van der Waals surface area contributed by atoms with Crippen LogP contribution in [0, 0.1) is 0 Å². The molecule has 0 aliphatic carbocycles. The highest BCUT2D eigenvalue weighted by Gasteiger charge is 2.15. The molecular formula is C23H25P. The molecule has 0 atom stereocenters. The molecule has 122 valence electrons. The number of benzene rings is 3. The number of aryl methyl sites for hydroxylation is 1. The Labute approximate surface area is 147 Å². The summed E-state index contributed by atoms with van der Waals surface area (Å²) in [6, 6.07) is 31.1. The second-order valence-corrected chi connectivity index (χ2v) is 8.35. The fourth-order valence-corrected chi connectivity index (χ4v) is 5.27. The number of rotatable bonds is 7. The van der Waals surface area contributed by atoms with Crippen molar-refractivity contribution in [1.82, 2.24) is 0 Å². The number of unbranched alkanes of at least 4 members (excludes halogenated alkanes) is 2. The lowest BCUT2D eigenvalue weighted by molar-refractivity contribution is 0.717. The molecular weight excluding hydrogens is 307 g/mol. The molecule has 3 rings (SSSR count). The van der Waals surface area contributed by atoms with E-state index in [-0.39, 0.29) is 0 Å². The molecule has 0 N–H and O–H groups in total. The molecule has 3 aromatic carbocycles. The number of hydrogen-bond acceptors (Lipinski definition) is 0. The van der Waals surface area contributed by atoms with E-state index in [1.54, 1.807) is 0 Å². The Hall–Kier alpha value is -1.91. The molecule has 0 aromatic heterocycles. The van der Waals surface area contributed by atoms with E-state index in [0.29, 0.717) is 0 Å². The summed E-state index contributed by atoms with van der Waals surface area (Å²) in [7, 11) is -0.474. The Morgan fingerprint density at radius 3 is 1.58 bits per heavy atom. The first-order valence-corrected chi connectivity index (χ1v) is 10.2. The van der Waals surface area contributed by atoms with Crippen LogP contribution >= 0.6 is 7.92 Å². The number of hydrogen-bond donors (Lipinski definition) is 0. The third kappa shape index (κ3) is 4.34. The van der Waals surface area contributed by atoms with Crippen molar-refractivity contribution in [2.24, 2.45) is 0 Å². The SMILES string of the molecule is CCCCCc1ccc(P(c2ccccc2)c2ccccc2)cc1. The standard InChI is InChI=1S/C23H25P/c1-2-3-6-11-20-16-18-23(19-17-20)24(21-12-7-4-8-13-21)22-14-9-5-10-15-22/h4-5,7-10,12-19H,2-3,6,11H2,1H3. The Kier molecular flexibility index (Phi) is 6.21. The van der Waals surface area contributed by atoms with Gasteiger partial charge in [-0.2, -0.15) is 0 Å². The molecule has 0 saturated carbocycles. The summed E-state index contributed by atoms with van der Waals surface area (Å²) >= 11 is 0. The Bertz CT molecular complexity index is 678. The van der Waals surface area contributed by atoms with E-state index in [2.05, 4.69) is 91.9 Å². The molecule has 0 fully saturated rings. The van der Waals surface area contributed by atoms with Crippen molar-refractivity contribution >= 4 is 23.8 Å². The van der Waals surface area contributed by atoms with E-state index in [1.165, 1.54) is 47.2 Å². The first-order valence-electron chi connectivity index (χ1n) is 8.87. The van der Waals surface area contributed by atoms with Crippen molar-refractivity contribution in [2.75, 3.05) is 0 Å². The van der Waals surface area contributed by atoms with Crippen LogP contribution in [0.5, 0.6) is 0 Å². The van der Waals surface area contributed by atoms with Gasteiger partial charge in [0.1, 0.15) is 0 Å². The van der Waals surface area contributed by atoms with Crippen molar-refractivity contribution in [2.45, 2.75) is 32.6 Å². The van der Waals surface area contributed by atoms with E-state index in [0.717, 1.165) is 0 Å². The van der Waals surface area contributed by atoms with Crippen LogP contribution in [0.3, 0.4) is 0 Å². The fourth-order valence-electron chi connectivity index (χ4n) is 2.99. The first-order chi connectivity index (χ1) is 11.9. The van der Waals surface area contributed by atoms with Crippen molar-refractivity contribution in [3.63, 3.8) is 0 Å². The van der Waals surface area contributed by atoms with Crippen LogP contribution in [0.25, 0.3) is 0 Å². The molecule has 0 aliphatic rings. The van der Waals surface area contributed by atoms with Gasteiger partial charge < -0.3 is 0 Å². The van der Waals surface area contributed by atoms with Crippen LogP contribution in [0.4, 0.5) is 0 Å².